The number of rotatable bonds is 3. The minimum Gasteiger partial charge on any atom is -0.462 e. The van der Waals surface area contributed by atoms with Crippen LogP contribution < -0.4 is 4.90 Å². The highest BCUT2D eigenvalue weighted by Crippen LogP contribution is 2.70. The number of halogens is 3. The molecule has 1 aromatic carbocycles. The van der Waals surface area contributed by atoms with Crippen molar-refractivity contribution < 1.29 is 27.4 Å². The van der Waals surface area contributed by atoms with Crippen LogP contribution in [0, 0.1) is 23.2 Å². The molecule has 5 fully saturated rings. The number of carbonyl (C=O) groups excluding carboxylic acids is 1. The molecule has 5 aliphatic rings. The number of fused-ring (bicyclic) bond motifs is 2. The van der Waals surface area contributed by atoms with E-state index in [0.29, 0.717) is 44.3 Å². The third-order valence-electron chi connectivity index (χ3n) is 9.56. The van der Waals surface area contributed by atoms with E-state index in [1.807, 2.05) is 4.90 Å². The Morgan fingerprint density at radius 1 is 1.18 bits per heavy atom. The van der Waals surface area contributed by atoms with Gasteiger partial charge in [-0.15, -0.1) is 0 Å². The Kier molecular flexibility index (Phi) is 5.06. The van der Waals surface area contributed by atoms with Crippen molar-refractivity contribution in [1.29, 1.82) is 0 Å². The molecule has 6 rings (SSSR count). The maximum Gasteiger partial charge on any atom is 0.416 e. The van der Waals surface area contributed by atoms with Crippen LogP contribution in [0.5, 0.6) is 0 Å². The third kappa shape index (κ3) is 3.31. The first kappa shape index (κ1) is 22.7. The molecule has 0 N–H and O–H groups in total. The average Bonchev–Trinajstić information content (AvgIpc) is 3.48. The van der Waals surface area contributed by atoms with Crippen LogP contribution in [0.2, 0.25) is 0 Å². The SMILES string of the molecule is C[C@@H]1CCC[C@@]2(C)C[C@H]3OC(=O)[C@H](CN4CCN(c5cccc(C(F)(F)F)c5)CC4)[C@@H]3[C@H]3O[C@@]132. The lowest BCUT2D eigenvalue weighted by Gasteiger charge is -2.49. The van der Waals surface area contributed by atoms with Crippen LogP contribution in [0.25, 0.3) is 0 Å². The average molecular weight is 479 g/mol. The molecule has 34 heavy (non-hydrogen) atoms. The summed E-state index contributed by atoms with van der Waals surface area (Å²) in [6.07, 6.45) is 0.127. The highest BCUT2D eigenvalue weighted by molar-refractivity contribution is 5.76. The molecule has 3 heterocycles. The number of hydrogen-bond donors (Lipinski definition) is 0. The van der Waals surface area contributed by atoms with Gasteiger partial charge < -0.3 is 14.4 Å². The second-order valence-electron chi connectivity index (χ2n) is 11.4. The van der Waals surface area contributed by atoms with E-state index in [9.17, 15) is 18.0 Å². The van der Waals surface area contributed by atoms with E-state index in [-0.39, 0.29) is 41.0 Å². The molecule has 2 aliphatic carbocycles. The van der Waals surface area contributed by atoms with Crippen LogP contribution >= 0.6 is 0 Å². The Hall–Kier alpha value is -1.80. The number of epoxide rings is 1. The fourth-order valence-corrected chi connectivity index (χ4v) is 7.79. The minimum absolute atomic E-state index is 0.0557. The van der Waals surface area contributed by atoms with E-state index in [4.69, 9.17) is 9.47 Å². The van der Waals surface area contributed by atoms with Crippen molar-refractivity contribution in [3.8, 4) is 0 Å². The van der Waals surface area contributed by atoms with Crippen LogP contribution in [0.4, 0.5) is 18.9 Å². The van der Waals surface area contributed by atoms with Crippen molar-refractivity contribution in [3.63, 3.8) is 0 Å². The molecule has 8 heteroatoms. The molecule has 3 saturated heterocycles. The Morgan fingerprint density at radius 2 is 1.94 bits per heavy atom. The number of alkyl halides is 3. The van der Waals surface area contributed by atoms with Gasteiger partial charge in [0.05, 0.1) is 17.6 Å². The van der Waals surface area contributed by atoms with Gasteiger partial charge in [-0.1, -0.05) is 26.3 Å². The van der Waals surface area contributed by atoms with Crippen molar-refractivity contribution in [2.24, 2.45) is 23.2 Å². The first-order chi connectivity index (χ1) is 16.1. The van der Waals surface area contributed by atoms with E-state index < -0.39 is 11.7 Å². The summed E-state index contributed by atoms with van der Waals surface area (Å²) >= 11 is 0. The predicted molar refractivity (Wildman–Crippen MR) is 120 cm³/mol. The van der Waals surface area contributed by atoms with Gasteiger partial charge in [0.2, 0.25) is 0 Å². The zero-order valence-corrected chi connectivity index (χ0v) is 19.8. The van der Waals surface area contributed by atoms with Crippen molar-refractivity contribution in [3.05, 3.63) is 29.8 Å². The lowest BCUT2D eigenvalue weighted by Crippen LogP contribution is -2.55. The van der Waals surface area contributed by atoms with Gasteiger partial charge in [0.25, 0.3) is 0 Å². The molecule has 0 radical (unpaired) electrons. The van der Waals surface area contributed by atoms with E-state index >= 15 is 0 Å². The molecule has 5 nitrogen and oxygen atoms in total. The van der Waals surface area contributed by atoms with Crippen LogP contribution in [0.3, 0.4) is 0 Å². The summed E-state index contributed by atoms with van der Waals surface area (Å²) in [4.78, 5) is 17.2. The Bertz CT molecular complexity index is 978. The quantitative estimate of drug-likeness (QED) is 0.478. The fraction of sp³-hybridized carbons (Fsp3) is 0.731. The first-order valence-electron chi connectivity index (χ1n) is 12.7. The molecular formula is C26H33F3N2O3. The van der Waals surface area contributed by atoms with Crippen LogP contribution in [-0.2, 0) is 20.4 Å². The Balaban J connectivity index is 1.12. The van der Waals surface area contributed by atoms with Crippen molar-refractivity contribution >= 4 is 11.7 Å². The van der Waals surface area contributed by atoms with Crippen LogP contribution in [0.15, 0.2) is 24.3 Å². The van der Waals surface area contributed by atoms with Crippen molar-refractivity contribution in [2.75, 3.05) is 37.6 Å². The Labute approximate surface area is 198 Å². The highest BCUT2D eigenvalue weighted by Gasteiger charge is 2.78. The molecule has 0 unspecified atom stereocenters. The van der Waals surface area contributed by atoms with Crippen molar-refractivity contribution in [2.45, 2.75) is 63.5 Å². The summed E-state index contributed by atoms with van der Waals surface area (Å²) in [7, 11) is 0. The largest absolute Gasteiger partial charge is 0.462 e. The van der Waals surface area contributed by atoms with Crippen molar-refractivity contribution in [1.82, 2.24) is 4.90 Å². The predicted octanol–water partition coefficient (Wildman–Crippen LogP) is 4.35. The van der Waals surface area contributed by atoms with E-state index in [2.05, 4.69) is 18.7 Å². The van der Waals surface area contributed by atoms with Gasteiger partial charge in [-0.25, -0.2) is 0 Å². The van der Waals surface area contributed by atoms with Gasteiger partial charge in [0, 0.05) is 49.7 Å². The normalized spacial score (nSPS) is 42.0. The number of carbonyl (C=O) groups is 1. The molecule has 1 spiro atoms. The van der Waals surface area contributed by atoms with Gasteiger partial charge in [0.15, 0.2) is 0 Å². The van der Waals surface area contributed by atoms with E-state index in [1.165, 1.54) is 25.0 Å². The summed E-state index contributed by atoms with van der Waals surface area (Å²) in [6.45, 7) is 7.96. The van der Waals surface area contributed by atoms with Gasteiger partial charge in [-0.2, -0.15) is 13.2 Å². The lowest BCUT2D eigenvalue weighted by molar-refractivity contribution is -0.146. The summed E-state index contributed by atoms with van der Waals surface area (Å²) < 4.78 is 51.8. The number of hydrogen-bond acceptors (Lipinski definition) is 5. The molecular weight excluding hydrogens is 445 g/mol. The Morgan fingerprint density at radius 3 is 2.68 bits per heavy atom. The molecule has 0 bridgehead atoms. The smallest absolute Gasteiger partial charge is 0.416 e. The highest BCUT2D eigenvalue weighted by atomic mass is 19.4. The molecule has 0 aromatic heterocycles. The van der Waals surface area contributed by atoms with E-state index in [0.717, 1.165) is 18.9 Å². The number of anilines is 1. The fourth-order valence-electron chi connectivity index (χ4n) is 7.79. The second-order valence-corrected chi connectivity index (χ2v) is 11.4. The third-order valence-corrected chi connectivity index (χ3v) is 9.56. The van der Waals surface area contributed by atoms with E-state index in [1.54, 1.807) is 6.07 Å². The molecule has 3 aliphatic heterocycles. The summed E-state index contributed by atoms with van der Waals surface area (Å²) in [5.41, 5.74) is -0.0314. The van der Waals surface area contributed by atoms with Gasteiger partial charge in [0.1, 0.15) is 11.7 Å². The first-order valence-corrected chi connectivity index (χ1v) is 12.7. The number of benzene rings is 1. The topological polar surface area (TPSA) is 45.3 Å². The maximum absolute atomic E-state index is 13.1. The van der Waals surface area contributed by atoms with Crippen LogP contribution in [-0.4, -0.2) is 61.4 Å². The second kappa shape index (κ2) is 7.60. The van der Waals surface area contributed by atoms with Gasteiger partial charge in [-0.3, -0.25) is 9.69 Å². The lowest BCUT2D eigenvalue weighted by atomic mass is 9.53. The molecule has 186 valence electrons. The number of piperazine rings is 1. The van der Waals surface area contributed by atoms with Crippen LogP contribution in [0.1, 0.15) is 45.1 Å². The molecule has 2 saturated carbocycles. The number of nitrogens with zero attached hydrogens (tertiary/aromatic N) is 2. The standard InChI is InChI=1S/C26H33F3N2O3/c1-16-5-4-8-24(2)14-20-21(22-25(16,24)34-22)19(23(32)33-20)15-30-9-11-31(12-10-30)18-7-3-6-17(13-18)26(27,28)29/h3,6-7,13,16,19-22H,4-5,8-12,14-15H2,1-2H3/t16-,19-,20-,21+,22-,24+,25+/m1/s1. The monoisotopic (exact) mass is 478 g/mol. The zero-order valence-electron chi connectivity index (χ0n) is 19.8. The molecule has 1 aromatic rings. The molecule has 0 amide bonds. The van der Waals surface area contributed by atoms with Gasteiger partial charge in [-0.05, 0) is 43.4 Å². The summed E-state index contributed by atoms with van der Waals surface area (Å²) in [6, 6.07) is 5.53. The number of esters is 1. The number of ether oxygens (including phenoxy) is 2. The molecule has 7 atom stereocenters. The summed E-state index contributed by atoms with van der Waals surface area (Å²) in [5, 5.41) is 0. The maximum atomic E-state index is 13.1. The zero-order chi connectivity index (χ0) is 23.9. The minimum atomic E-state index is -4.34. The van der Waals surface area contributed by atoms with Gasteiger partial charge >= 0.3 is 12.1 Å². The summed E-state index contributed by atoms with van der Waals surface area (Å²) in [5.74, 6) is 0.330.